The number of primary amides is 1. The van der Waals surface area contributed by atoms with E-state index in [1.165, 1.54) is 13.8 Å². The Morgan fingerprint density at radius 3 is 1.39 bits per heavy atom. The maximum absolute atomic E-state index is 14.4. The molecule has 1 saturated heterocycles. The smallest absolute Gasteiger partial charge is 0.326 e. The largest absolute Gasteiger partial charge is 0.480 e. The summed E-state index contributed by atoms with van der Waals surface area (Å²) in [7, 11) is 0. The second-order valence-corrected chi connectivity index (χ2v) is 30.3. The Bertz CT molecular complexity index is 3780. The molecular weight excluding hydrogens is 1600 g/mol. The molecule has 2 rings (SSSR count). The van der Waals surface area contributed by atoms with Gasteiger partial charge in [0.15, 0.2) is 17.9 Å². The number of guanidine groups is 3. The van der Waals surface area contributed by atoms with Gasteiger partial charge < -0.3 is 141 Å². The average molecular weight is 1730 g/mol. The van der Waals surface area contributed by atoms with E-state index >= 15 is 0 Å². The summed E-state index contributed by atoms with van der Waals surface area (Å²) < 4.78 is 0. The zero-order chi connectivity index (χ0) is 92.2. The molecule has 0 unspecified atom stereocenters. The highest BCUT2D eigenvalue weighted by atomic mass is 16.4. The molecule has 16 amide bonds. The van der Waals surface area contributed by atoms with Crippen molar-refractivity contribution in [2.75, 3.05) is 52.4 Å². The fourth-order valence-electron chi connectivity index (χ4n) is 12.2. The monoisotopic (exact) mass is 1730 g/mol. The SMILES string of the molecule is CC[C@H](C)[C@H](N)C(=O)N[C@@H](CCN=C(N)N)C(=O)N[C@H](C(=O)N[C@@H](CCC(N)=O)C(=O)N[C@@H](CCN=C(N)N)C(=O)NCC(=O)N1CCC[C@H]1C(=O)NCC(=O)N[C@@H](CCN=C(N)N)C(=O)N[C@@H](C)C(=O)N[C@@H](Cc1ccccc1)C(=O)N[C@H](C(=O)N[C@H](C(=O)N[C@H](C(=O)NCC(=O)N[C@@H](CCCCN)C(=O)O)[C@@H](C)CC)[C@@H](C)O)C(C)C)[C@@H](C)CC. The van der Waals surface area contributed by atoms with Crippen LogP contribution in [0.1, 0.15) is 158 Å². The van der Waals surface area contributed by atoms with Gasteiger partial charge in [-0.3, -0.25) is 91.7 Å². The van der Waals surface area contributed by atoms with Crippen LogP contribution in [0.4, 0.5) is 0 Å². The Kier molecular flexibility index (Phi) is 47.7. The van der Waals surface area contributed by atoms with Crippen LogP contribution in [-0.4, -0.2) is 270 Å². The number of nitrogens with zero attached hydrogens (tertiary/aromatic N) is 4. The van der Waals surface area contributed by atoms with Crippen molar-refractivity contribution < 1.29 is 91.7 Å². The Hall–Kier alpha value is -12.1. The van der Waals surface area contributed by atoms with E-state index in [4.69, 9.17) is 51.6 Å². The van der Waals surface area contributed by atoms with Gasteiger partial charge in [-0.2, -0.15) is 0 Å². The van der Waals surface area contributed by atoms with E-state index < -0.39 is 235 Å². The van der Waals surface area contributed by atoms with Crippen molar-refractivity contribution in [3.05, 3.63) is 35.9 Å². The second kappa shape index (κ2) is 54.9. The van der Waals surface area contributed by atoms with E-state index in [9.17, 15) is 91.7 Å². The average Bonchev–Trinajstić information content (AvgIpc) is 1.47. The molecule has 0 spiro atoms. The van der Waals surface area contributed by atoms with E-state index in [0.717, 1.165) is 4.90 Å². The van der Waals surface area contributed by atoms with Crippen molar-refractivity contribution in [2.24, 2.45) is 90.3 Å². The van der Waals surface area contributed by atoms with Crippen molar-refractivity contribution in [3.63, 3.8) is 0 Å². The Morgan fingerprint density at radius 1 is 0.451 bits per heavy atom. The maximum Gasteiger partial charge on any atom is 0.326 e. The standard InChI is InChI=1S/C76H131N27O19/c1-11-39(6)56(79)68(116)96-48(28-32-88-76(84)85)65(113)100-59(41(8)13-3)71(119)97-45(24-25-52(78)105)64(112)95-46(26-30-86-74(80)81)62(110)91-37-55(108)103-33-19-23-51(103)67(115)89-35-53(106)93-47(27-31-87-75(82)83)63(111)92-42(9)61(109)98-50(34-44-20-15-14-16-21-44)66(114)99-57(38(4)5)70(118)102-60(43(10)104)72(120)101-58(40(7)12-2)69(117)90-36-54(107)94-49(73(121)122)22-17-18-29-77/h14-16,20-21,38-43,45-51,56-60,104H,11-13,17-19,22-37,77,79H2,1-10H3,(H2,78,105)(H,89,115)(H,90,117)(H,91,110)(H,92,111)(H,93,106)(H,94,107)(H,95,112)(H,96,116)(H,97,119)(H,98,109)(H,99,114)(H,100,113)(H,101,120)(H,102,118)(H,121,122)(H4,80,81,86)(H4,82,83,87)(H4,84,85,88)/t39-,40-,41-,42-,43+,45-,46-,47-,48-,49-,50-,51-,56-,57-,58-,59-,60-/m0/s1. The first-order valence-corrected chi connectivity index (χ1v) is 40.7. The van der Waals surface area contributed by atoms with E-state index in [-0.39, 0.29) is 94.9 Å². The first-order chi connectivity index (χ1) is 57.4. The molecule has 1 aliphatic rings. The van der Waals surface area contributed by atoms with Gasteiger partial charge in [-0.25, -0.2) is 4.79 Å². The lowest BCUT2D eigenvalue weighted by molar-refractivity contribution is -0.142. The number of nitrogens with two attached hydrogens (primary N) is 9. The summed E-state index contributed by atoms with van der Waals surface area (Å²) >= 11 is 0. The molecule has 1 aromatic carbocycles. The van der Waals surface area contributed by atoms with Crippen LogP contribution in [0.15, 0.2) is 45.3 Å². The molecule has 46 heteroatoms. The number of hydrogen-bond donors (Lipinski definition) is 25. The number of carbonyl (C=O) groups excluding carboxylic acids is 16. The highest BCUT2D eigenvalue weighted by molar-refractivity contribution is 6.00. The Balaban J connectivity index is 2.32. The predicted molar refractivity (Wildman–Crippen MR) is 449 cm³/mol. The van der Waals surface area contributed by atoms with E-state index in [1.54, 1.807) is 78.8 Å². The lowest BCUT2D eigenvalue weighted by Crippen LogP contribution is -2.62. The number of amides is 16. The molecule has 34 N–H and O–H groups in total. The summed E-state index contributed by atoms with van der Waals surface area (Å²) in [5.74, 6) is -19.0. The number of aliphatic imine (C=N–C) groups is 3. The molecule has 0 aromatic heterocycles. The molecule has 46 nitrogen and oxygen atoms in total. The topological polar surface area (TPSA) is 774 Å². The highest BCUT2D eigenvalue weighted by Gasteiger charge is 2.40. The van der Waals surface area contributed by atoms with Crippen LogP contribution in [0.5, 0.6) is 0 Å². The molecular formula is C76H131N27O19. The summed E-state index contributed by atoms with van der Waals surface area (Å²) in [4.78, 5) is 245. The molecule has 0 bridgehead atoms. The van der Waals surface area contributed by atoms with Gasteiger partial charge in [0.1, 0.15) is 72.5 Å². The quantitative estimate of drug-likeness (QED) is 0.0164. The number of carboxylic acid groups (broad SMARTS) is 1. The molecule has 122 heavy (non-hydrogen) atoms. The number of likely N-dealkylation sites (tertiary alicyclic amines) is 1. The van der Waals surface area contributed by atoms with Gasteiger partial charge in [0.05, 0.1) is 31.8 Å². The minimum absolute atomic E-state index is 0.00152. The minimum Gasteiger partial charge on any atom is -0.480 e. The van der Waals surface area contributed by atoms with Gasteiger partial charge in [-0.15, -0.1) is 0 Å². The molecule has 0 aliphatic carbocycles. The number of nitrogens with one attached hydrogen (secondary N) is 14. The van der Waals surface area contributed by atoms with Crippen LogP contribution >= 0.6 is 0 Å². The number of rotatable bonds is 56. The Morgan fingerprint density at radius 2 is 0.877 bits per heavy atom. The fourth-order valence-corrected chi connectivity index (χ4v) is 12.2. The number of aliphatic carboxylic acids is 1. The Labute approximate surface area is 709 Å². The number of hydrogen-bond acceptors (Lipinski definition) is 23. The van der Waals surface area contributed by atoms with Crippen LogP contribution < -0.4 is 126 Å². The highest BCUT2D eigenvalue weighted by Crippen LogP contribution is 2.19. The van der Waals surface area contributed by atoms with Crippen molar-refractivity contribution >= 4 is 118 Å². The fraction of sp³-hybridized carbons (Fsp3) is 0.658. The molecule has 1 aliphatic heterocycles. The zero-order valence-corrected chi connectivity index (χ0v) is 71.2. The molecule has 0 saturated carbocycles. The third kappa shape index (κ3) is 38.5. The third-order valence-corrected chi connectivity index (χ3v) is 20.2. The van der Waals surface area contributed by atoms with E-state index in [2.05, 4.69) is 89.4 Å². The third-order valence-electron chi connectivity index (χ3n) is 20.2. The van der Waals surface area contributed by atoms with E-state index in [1.807, 2.05) is 6.92 Å². The summed E-state index contributed by atoms with van der Waals surface area (Å²) in [5, 5.41) is 55.5. The summed E-state index contributed by atoms with van der Waals surface area (Å²) in [6, 6.07) is -10.00. The van der Waals surface area contributed by atoms with Crippen LogP contribution in [-0.2, 0) is 87.9 Å². The van der Waals surface area contributed by atoms with E-state index in [0.29, 0.717) is 44.2 Å². The number of carbonyl (C=O) groups is 17. The number of carboxylic acids is 1. The molecule has 1 fully saturated rings. The first kappa shape index (κ1) is 106. The predicted octanol–water partition coefficient (Wildman–Crippen LogP) is -9.11. The summed E-state index contributed by atoms with van der Waals surface area (Å²) in [6.45, 7) is 13.3. The van der Waals surface area contributed by atoms with Gasteiger partial charge in [0.25, 0.3) is 0 Å². The molecule has 684 valence electrons. The van der Waals surface area contributed by atoms with Crippen LogP contribution in [0.2, 0.25) is 0 Å². The van der Waals surface area contributed by atoms with Crippen molar-refractivity contribution in [1.29, 1.82) is 0 Å². The first-order valence-electron chi connectivity index (χ1n) is 40.7. The maximum atomic E-state index is 14.4. The second-order valence-electron chi connectivity index (χ2n) is 30.3. The molecule has 1 aromatic rings. The van der Waals surface area contributed by atoms with Crippen molar-refractivity contribution in [2.45, 2.75) is 244 Å². The number of aliphatic hydroxyl groups is 1. The molecule has 17 atom stereocenters. The normalized spacial score (nSPS) is 16.2. The lowest BCUT2D eigenvalue weighted by Gasteiger charge is -2.30. The number of benzene rings is 1. The van der Waals surface area contributed by atoms with Gasteiger partial charge >= 0.3 is 5.97 Å². The lowest BCUT2D eigenvalue weighted by atomic mass is 9.96. The van der Waals surface area contributed by atoms with Gasteiger partial charge in [-0.05, 0) is 107 Å². The van der Waals surface area contributed by atoms with Gasteiger partial charge in [0.2, 0.25) is 94.5 Å². The van der Waals surface area contributed by atoms with Gasteiger partial charge in [-0.1, -0.05) is 105 Å². The van der Waals surface area contributed by atoms with Gasteiger partial charge in [0, 0.05) is 39.0 Å². The summed E-state index contributed by atoms with van der Waals surface area (Å²) in [6.07, 6.45) is -0.905. The van der Waals surface area contributed by atoms with Crippen molar-refractivity contribution in [3.8, 4) is 0 Å². The minimum atomic E-state index is -1.74. The van der Waals surface area contributed by atoms with Crippen LogP contribution in [0, 0.1) is 23.7 Å². The van der Waals surface area contributed by atoms with Crippen LogP contribution in [0.25, 0.3) is 0 Å². The number of aliphatic hydroxyl groups excluding tert-OH is 1. The van der Waals surface area contributed by atoms with Crippen molar-refractivity contribution in [1.82, 2.24) is 79.3 Å². The summed E-state index contributed by atoms with van der Waals surface area (Å²) in [5.41, 5.74) is 50.9. The molecule has 0 radical (unpaired) electrons. The zero-order valence-electron chi connectivity index (χ0n) is 71.2. The number of unbranched alkanes of at least 4 members (excludes halogenated alkanes) is 1. The van der Waals surface area contributed by atoms with Crippen LogP contribution in [0.3, 0.4) is 0 Å². The molecule has 1 heterocycles.